The maximum Gasteiger partial charge on any atom is 0.326 e. The summed E-state index contributed by atoms with van der Waals surface area (Å²) in [5.74, 6) is -1.75. The maximum absolute atomic E-state index is 13.5. The van der Waals surface area contributed by atoms with Crippen LogP contribution >= 0.6 is 10.8 Å². The fourth-order valence-electron chi connectivity index (χ4n) is 4.86. The van der Waals surface area contributed by atoms with Gasteiger partial charge in [-0.2, -0.15) is 0 Å². The Hall–Kier alpha value is -4.45. The number of hydrogen-bond acceptors (Lipinski definition) is 6. The highest BCUT2D eigenvalue weighted by Crippen LogP contribution is 2.52. The Labute approximate surface area is 251 Å². The number of para-hydroxylation sites is 1. The zero-order chi connectivity index (χ0) is 31.0. The summed E-state index contributed by atoms with van der Waals surface area (Å²) in [4.78, 5) is 38.2. The van der Waals surface area contributed by atoms with E-state index in [9.17, 15) is 28.6 Å². The minimum atomic E-state index is -3.67. The predicted octanol–water partition coefficient (Wildman–Crippen LogP) is 5.64. The van der Waals surface area contributed by atoms with E-state index in [0.29, 0.717) is 29.3 Å². The van der Waals surface area contributed by atoms with Gasteiger partial charge < -0.3 is 16.2 Å². The number of amidine groups is 1. The van der Waals surface area contributed by atoms with Crippen LogP contribution in [0, 0.1) is 5.41 Å². The second kappa shape index (κ2) is 14.1. The predicted molar refractivity (Wildman–Crippen MR) is 168 cm³/mol. The lowest BCUT2D eigenvalue weighted by Gasteiger charge is -2.35. The lowest BCUT2D eigenvalue weighted by Crippen LogP contribution is -2.43. The van der Waals surface area contributed by atoms with Crippen molar-refractivity contribution in [2.45, 2.75) is 55.9 Å². The SMILES string of the molecule is N=C(N)CCCCCC(=O)Cc1ccc(C[C@H](NC(=O)c2cc3ccccc3n2S(O)(O)c2ccccc2)C(=O)O)cc1. The van der Waals surface area contributed by atoms with E-state index in [2.05, 4.69) is 5.32 Å². The number of carbonyl (C=O) groups is 3. The van der Waals surface area contributed by atoms with Gasteiger partial charge in [-0.15, -0.1) is 0 Å². The number of aromatic nitrogens is 1. The monoisotopic (exact) mass is 604 g/mol. The van der Waals surface area contributed by atoms with Crippen LogP contribution in [0.25, 0.3) is 10.9 Å². The number of rotatable bonds is 15. The smallest absolute Gasteiger partial charge is 0.326 e. The average Bonchev–Trinajstić information content (AvgIpc) is 3.39. The molecule has 0 aliphatic carbocycles. The highest BCUT2D eigenvalue weighted by atomic mass is 32.3. The standard InChI is InChI=1S/C32H36N4O6S/c33-30(34)14-6-1-3-10-25(37)19-22-15-17-23(18-16-22)20-27(32(39)40)35-31(38)29-21-24-9-7-8-13-28(24)36(29)43(41,42)26-11-4-2-5-12-26/h2,4-5,7-9,11-13,15-18,21,27,41-42H,1,3,6,10,14,19-20H2,(H3,33,34)(H,35,38)(H,39,40)/t27-/m0/s1. The summed E-state index contributed by atoms with van der Waals surface area (Å²) >= 11 is 0. The highest BCUT2D eigenvalue weighted by Gasteiger charge is 2.29. The number of ketones is 1. The summed E-state index contributed by atoms with van der Waals surface area (Å²) in [5.41, 5.74) is 7.15. The molecule has 0 radical (unpaired) electrons. The molecular formula is C32H36N4O6S. The Kier molecular flexibility index (Phi) is 10.4. The molecule has 0 saturated heterocycles. The zero-order valence-corrected chi connectivity index (χ0v) is 24.4. The van der Waals surface area contributed by atoms with Crippen molar-refractivity contribution in [3.05, 3.63) is 102 Å². The number of aliphatic carboxylic acids is 1. The zero-order valence-electron chi connectivity index (χ0n) is 23.6. The van der Waals surface area contributed by atoms with Gasteiger partial charge in [0.25, 0.3) is 5.91 Å². The van der Waals surface area contributed by atoms with Crippen LogP contribution in [0.3, 0.4) is 0 Å². The van der Waals surface area contributed by atoms with Crippen molar-refractivity contribution in [3.8, 4) is 0 Å². The number of Topliss-reactive ketones (excluding diaryl/α,β-unsaturated/α-hetero) is 1. The first-order chi connectivity index (χ1) is 20.6. The number of carbonyl (C=O) groups excluding carboxylic acids is 2. The first kappa shape index (κ1) is 31.5. The van der Waals surface area contributed by atoms with Gasteiger partial charge in [-0.25, -0.2) is 8.77 Å². The minimum absolute atomic E-state index is 0.0133. The number of unbranched alkanes of at least 4 members (excludes halogenated alkanes) is 2. The molecule has 4 aromatic rings. The van der Waals surface area contributed by atoms with Gasteiger partial charge in [0, 0.05) is 31.1 Å². The Balaban J connectivity index is 1.45. The van der Waals surface area contributed by atoms with Crippen LogP contribution in [0.5, 0.6) is 0 Å². The lowest BCUT2D eigenvalue weighted by molar-refractivity contribution is -0.139. The van der Waals surface area contributed by atoms with E-state index in [4.69, 9.17) is 11.1 Å². The van der Waals surface area contributed by atoms with E-state index < -0.39 is 28.7 Å². The number of amides is 1. The summed E-state index contributed by atoms with van der Waals surface area (Å²) in [6.07, 6.45) is 3.59. The van der Waals surface area contributed by atoms with E-state index in [1.807, 2.05) is 0 Å². The van der Waals surface area contributed by atoms with Crippen molar-refractivity contribution in [1.82, 2.24) is 9.29 Å². The van der Waals surface area contributed by atoms with Crippen LogP contribution in [-0.2, 0) is 22.4 Å². The molecule has 1 amide bonds. The number of carboxylic acids is 1. The van der Waals surface area contributed by atoms with Gasteiger partial charge in [-0.1, -0.05) is 77.9 Å². The summed E-state index contributed by atoms with van der Waals surface area (Å²) in [7, 11) is -3.67. The van der Waals surface area contributed by atoms with E-state index in [-0.39, 0.29) is 35.0 Å². The molecule has 10 nitrogen and oxygen atoms in total. The highest BCUT2D eigenvalue weighted by molar-refractivity contribution is 8.23. The van der Waals surface area contributed by atoms with E-state index >= 15 is 0 Å². The third kappa shape index (κ3) is 8.10. The normalized spacial score (nSPS) is 12.5. The molecule has 0 fully saturated rings. The molecule has 3 aromatic carbocycles. The quantitative estimate of drug-likeness (QED) is 0.0577. The van der Waals surface area contributed by atoms with E-state index in [1.54, 1.807) is 78.9 Å². The summed E-state index contributed by atoms with van der Waals surface area (Å²) in [6, 6.07) is 22.3. The Morgan fingerprint density at radius 2 is 1.49 bits per heavy atom. The lowest BCUT2D eigenvalue weighted by atomic mass is 10.00. The molecule has 11 heteroatoms. The molecule has 1 atom stereocenters. The van der Waals surface area contributed by atoms with Gasteiger partial charge in [0.2, 0.25) is 0 Å². The van der Waals surface area contributed by atoms with Crippen molar-refractivity contribution in [2.24, 2.45) is 5.73 Å². The van der Waals surface area contributed by atoms with Crippen LogP contribution in [0.1, 0.15) is 53.7 Å². The Morgan fingerprint density at radius 3 is 2.16 bits per heavy atom. The molecule has 0 aliphatic rings. The number of nitrogens with one attached hydrogen (secondary N) is 2. The van der Waals surface area contributed by atoms with Gasteiger partial charge in [-0.05, 0) is 48.2 Å². The molecular weight excluding hydrogens is 568 g/mol. The molecule has 0 unspecified atom stereocenters. The Morgan fingerprint density at radius 1 is 0.860 bits per heavy atom. The van der Waals surface area contributed by atoms with Crippen LogP contribution in [-0.4, -0.2) is 47.7 Å². The average molecular weight is 605 g/mol. The number of nitrogens with zero attached hydrogens (tertiary/aromatic N) is 1. The van der Waals surface area contributed by atoms with Crippen LogP contribution < -0.4 is 11.1 Å². The fourth-order valence-corrected chi connectivity index (χ4v) is 6.45. The summed E-state index contributed by atoms with van der Waals surface area (Å²) < 4.78 is 23.8. The van der Waals surface area contributed by atoms with E-state index in [1.165, 1.54) is 10.0 Å². The van der Waals surface area contributed by atoms with Crippen molar-refractivity contribution in [1.29, 1.82) is 5.41 Å². The second-order valence-electron chi connectivity index (χ2n) is 10.4. The third-order valence-electron chi connectivity index (χ3n) is 7.08. The molecule has 7 N–H and O–H groups in total. The van der Waals surface area contributed by atoms with Crippen molar-refractivity contribution in [2.75, 3.05) is 0 Å². The van der Waals surface area contributed by atoms with Crippen LogP contribution in [0.4, 0.5) is 0 Å². The van der Waals surface area contributed by atoms with Gasteiger partial charge in [0.15, 0.2) is 0 Å². The van der Waals surface area contributed by atoms with Gasteiger partial charge in [0.05, 0.1) is 16.2 Å². The van der Waals surface area contributed by atoms with Crippen LogP contribution in [0.2, 0.25) is 0 Å². The van der Waals surface area contributed by atoms with Crippen LogP contribution in [0.15, 0.2) is 89.8 Å². The Bertz CT molecular complexity index is 1600. The molecule has 1 heterocycles. The first-order valence-electron chi connectivity index (χ1n) is 14.0. The second-order valence-corrected chi connectivity index (χ2v) is 12.3. The maximum atomic E-state index is 13.5. The molecule has 0 aliphatic heterocycles. The van der Waals surface area contributed by atoms with Crippen molar-refractivity contribution < 1.29 is 28.6 Å². The van der Waals surface area contributed by atoms with Crippen molar-refractivity contribution in [3.63, 3.8) is 0 Å². The molecule has 4 rings (SSSR count). The minimum Gasteiger partial charge on any atom is -0.480 e. The molecule has 226 valence electrons. The summed E-state index contributed by atoms with van der Waals surface area (Å²) in [5, 5.41) is 20.3. The van der Waals surface area contributed by atoms with Crippen molar-refractivity contribution >= 4 is 45.2 Å². The molecule has 43 heavy (non-hydrogen) atoms. The number of benzene rings is 3. The van der Waals surface area contributed by atoms with Gasteiger partial charge in [0.1, 0.15) is 17.5 Å². The molecule has 0 saturated carbocycles. The fraction of sp³-hybridized carbons (Fsp3) is 0.250. The third-order valence-corrected chi connectivity index (χ3v) is 8.89. The van der Waals surface area contributed by atoms with Gasteiger partial charge in [-0.3, -0.25) is 24.1 Å². The molecule has 0 spiro atoms. The largest absolute Gasteiger partial charge is 0.480 e. The first-order valence-corrected chi connectivity index (χ1v) is 15.5. The summed E-state index contributed by atoms with van der Waals surface area (Å²) in [6.45, 7) is 0. The topological polar surface area (TPSA) is 179 Å². The van der Waals surface area contributed by atoms with Gasteiger partial charge >= 0.3 is 5.97 Å². The number of fused-ring (bicyclic) bond motifs is 1. The number of nitrogens with two attached hydrogens (primary N) is 1. The number of hydrogen-bond donors (Lipinski definition) is 6. The molecule has 1 aromatic heterocycles. The number of carboxylic acid groups (broad SMARTS) is 1. The molecule has 0 bridgehead atoms. The van der Waals surface area contributed by atoms with E-state index in [0.717, 1.165) is 24.8 Å².